The Balaban J connectivity index is 1.90. The van der Waals surface area contributed by atoms with E-state index in [0.717, 1.165) is 39.0 Å². The van der Waals surface area contributed by atoms with Crippen LogP contribution in [-0.2, 0) is 4.79 Å². The molecule has 0 bridgehead atoms. The maximum atomic E-state index is 12.4. The molecule has 4 heteroatoms. The maximum absolute atomic E-state index is 12.4. The molecule has 1 saturated heterocycles. The first-order valence-corrected chi connectivity index (χ1v) is 8.10. The first kappa shape index (κ1) is 16.0. The monoisotopic (exact) mass is 289 g/mol. The van der Waals surface area contributed by atoms with Crippen LogP contribution in [0.4, 0.5) is 0 Å². The van der Waals surface area contributed by atoms with Crippen molar-refractivity contribution in [1.29, 1.82) is 0 Å². The molecule has 116 valence electrons. The van der Waals surface area contributed by atoms with Gasteiger partial charge in [-0.2, -0.15) is 0 Å². The van der Waals surface area contributed by atoms with E-state index in [-0.39, 0.29) is 11.9 Å². The predicted molar refractivity (Wildman–Crippen MR) is 85.2 cm³/mol. The van der Waals surface area contributed by atoms with Crippen LogP contribution in [0.15, 0.2) is 24.5 Å². The molecule has 1 aliphatic heterocycles. The van der Waals surface area contributed by atoms with E-state index in [2.05, 4.69) is 22.0 Å². The van der Waals surface area contributed by atoms with Crippen molar-refractivity contribution in [2.45, 2.75) is 45.6 Å². The molecule has 21 heavy (non-hydrogen) atoms. The molecule has 1 aliphatic rings. The molecule has 1 fully saturated rings. The van der Waals surface area contributed by atoms with Crippen molar-refractivity contribution in [3.63, 3.8) is 0 Å². The summed E-state index contributed by atoms with van der Waals surface area (Å²) in [7, 11) is 0. The Labute approximate surface area is 128 Å². The van der Waals surface area contributed by atoms with Crippen molar-refractivity contribution < 1.29 is 4.79 Å². The molecular formula is C17H27N3O. The number of pyridine rings is 1. The van der Waals surface area contributed by atoms with Crippen molar-refractivity contribution in [1.82, 2.24) is 14.8 Å². The van der Waals surface area contributed by atoms with Crippen molar-refractivity contribution in [3.05, 3.63) is 30.1 Å². The van der Waals surface area contributed by atoms with Crippen LogP contribution in [0.3, 0.4) is 0 Å². The first-order valence-electron chi connectivity index (χ1n) is 8.10. The number of likely N-dealkylation sites (tertiary alicyclic amines) is 1. The molecule has 0 N–H and O–H groups in total. The second-order valence-corrected chi connectivity index (χ2v) is 5.78. The van der Waals surface area contributed by atoms with Crippen LogP contribution in [0.1, 0.15) is 45.1 Å². The molecule has 0 radical (unpaired) electrons. The van der Waals surface area contributed by atoms with E-state index >= 15 is 0 Å². The summed E-state index contributed by atoms with van der Waals surface area (Å²) in [5, 5.41) is 0. The quantitative estimate of drug-likeness (QED) is 0.835. The molecule has 0 aromatic carbocycles. The van der Waals surface area contributed by atoms with Gasteiger partial charge in [0.25, 0.3) is 0 Å². The van der Waals surface area contributed by atoms with Crippen LogP contribution < -0.4 is 0 Å². The topological polar surface area (TPSA) is 36.4 Å². The summed E-state index contributed by atoms with van der Waals surface area (Å²) < 4.78 is 0. The summed E-state index contributed by atoms with van der Waals surface area (Å²) in [5.41, 5.74) is 1.38. The minimum Gasteiger partial charge on any atom is -0.342 e. The third-order valence-corrected chi connectivity index (χ3v) is 4.69. The Bertz CT molecular complexity index is 437. The van der Waals surface area contributed by atoms with E-state index in [1.807, 2.05) is 38.1 Å². The van der Waals surface area contributed by atoms with Crippen LogP contribution in [0.2, 0.25) is 0 Å². The minimum absolute atomic E-state index is 0.00305. The van der Waals surface area contributed by atoms with E-state index < -0.39 is 0 Å². The summed E-state index contributed by atoms with van der Waals surface area (Å²) in [6.07, 6.45) is 5.99. The Morgan fingerprint density at radius 1 is 1.29 bits per heavy atom. The number of aromatic nitrogens is 1. The lowest BCUT2D eigenvalue weighted by Crippen LogP contribution is -2.49. The van der Waals surface area contributed by atoms with Crippen LogP contribution in [0, 0.1) is 0 Å². The van der Waals surface area contributed by atoms with Crippen molar-refractivity contribution >= 4 is 5.91 Å². The second-order valence-electron chi connectivity index (χ2n) is 5.78. The van der Waals surface area contributed by atoms with Gasteiger partial charge >= 0.3 is 0 Å². The lowest BCUT2D eigenvalue weighted by Gasteiger charge is -2.37. The van der Waals surface area contributed by atoms with Crippen molar-refractivity contribution in [3.8, 4) is 0 Å². The van der Waals surface area contributed by atoms with Gasteiger partial charge in [-0.1, -0.05) is 0 Å². The Hall–Kier alpha value is -1.42. The number of piperidine rings is 1. The summed E-state index contributed by atoms with van der Waals surface area (Å²) >= 11 is 0. The number of hydrogen-bond donors (Lipinski definition) is 0. The van der Waals surface area contributed by atoms with Gasteiger partial charge in [0.05, 0.1) is 6.04 Å². The highest BCUT2D eigenvalue weighted by Gasteiger charge is 2.28. The normalized spacial score (nSPS) is 18.4. The fraction of sp³-hybridized carbons (Fsp3) is 0.647. The SMILES string of the molecule is CCN(CC)C(=O)[C@@H](C)N1CCC(c2ccncc2)CC1. The van der Waals surface area contributed by atoms with E-state index in [9.17, 15) is 4.79 Å². The molecule has 1 amide bonds. The van der Waals surface area contributed by atoms with Gasteiger partial charge in [0.15, 0.2) is 0 Å². The van der Waals surface area contributed by atoms with Gasteiger partial charge < -0.3 is 4.90 Å². The molecule has 1 atom stereocenters. The third-order valence-electron chi connectivity index (χ3n) is 4.69. The number of likely N-dealkylation sites (N-methyl/N-ethyl adjacent to an activating group) is 1. The van der Waals surface area contributed by atoms with Crippen molar-refractivity contribution in [2.75, 3.05) is 26.2 Å². The average Bonchev–Trinajstić information content (AvgIpc) is 2.56. The average molecular weight is 289 g/mol. The molecule has 2 rings (SSSR count). The Morgan fingerprint density at radius 3 is 2.38 bits per heavy atom. The molecule has 0 saturated carbocycles. The number of amides is 1. The molecule has 2 heterocycles. The van der Waals surface area contributed by atoms with E-state index in [0.29, 0.717) is 5.92 Å². The summed E-state index contributed by atoms with van der Waals surface area (Å²) in [5.74, 6) is 0.877. The largest absolute Gasteiger partial charge is 0.342 e. The molecule has 1 aromatic heterocycles. The smallest absolute Gasteiger partial charge is 0.239 e. The minimum atomic E-state index is 0.00305. The van der Waals surface area contributed by atoms with E-state index in [1.165, 1.54) is 5.56 Å². The van der Waals surface area contributed by atoms with Gasteiger partial charge in [-0.05, 0) is 70.3 Å². The molecule has 1 aromatic rings. The van der Waals surface area contributed by atoms with Gasteiger partial charge in [0.2, 0.25) is 5.91 Å². The number of rotatable bonds is 5. The lowest BCUT2D eigenvalue weighted by atomic mass is 9.89. The zero-order valence-corrected chi connectivity index (χ0v) is 13.5. The molecule has 0 aliphatic carbocycles. The van der Waals surface area contributed by atoms with Crippen LogP contribution in [0.25, 0.3) is 0 Å². The van der Waals surface area contributed by atoms with E-state index in [1.54, 1.807) is 0 Å². The Morgan fingerprint density at radius 2 is 1.86 bits per heavy atom. The van der Waals surface area contributed by atoms with Crippen LogP contribution in [-0.4, -0.2) is 52.9 Å². The van der Waals surface area contributed by atoms with Gasteiger partial charge in [0.1, 0.15) is 0 Å². The highest BCUT2D eigenvalue weighted by molar-refractivity contribution is 5.81. The number of carbonyl (C=O) groups excluding carboxylic acids is 1. The highest BCUT2D eigenvalue weighted by atomic mass is 16.2. The molecule has 4 nitrogen and oxygen atoms in total. The maximum Gasteiger partial charge on any atom is 0.239 e. The fourth-order valence-electron chi connectivity index (χ4n) is 3.21. The first-order chi connectivity index (χ1) is 10.2. The van der Waals surface area contributed by atoms with Crippen LogP contribution in [0.5, 0.6) is 0 Å². The number of nitrogens with zero attached hydrogens (tertiary/aromatic N) is 3. The number of carbonyl (C=O) groups is 1. The Kier molecular flexibility index (Phi) is 5.74. The van der Waals surface area contributed by atoms with Gasteiger partial charge in [-0.25, -0.2) is 0 Å². The number of hydrogen-bond acceptors (Lipinski definition) is 3. The zero-order chi connectivity index (χ0) is 15.2. The third kappa shape index (κ3) is 3.82. The zero-order valence-electron chi connectivity index (χ0n) is 13.5. The van der Waals surface area contributed by atoms with Crippen LogP contribution >= 0.6 is 0 Å². The predicted octanol–water partition coefficient (Wildman–Crippen LogP) is 2.52. The fourth-order valence-corrected chi connectivity index (χ4v) is 3.21. The lowest BCUT2D eigenvalue weighted by molar-refractivity contribution is -0.136. The summed E-state index contributed by atoms with van der Waals surface area (Å²) in [6, 6.07) is 4.23. The highest BCUT2D eigenvalue weighted by Crippen LogP contribution is 2.28. The molecule has 0 spiro atoms. The van der Waals surface area contributed by atoms with Gasteiger partial charge in [-0.15, -0.1) is 0 Å². The molecule has 0 unspecified atom stereocenters. The standard InChI is InChI=1S/C17H27N3O/c1-4-19(5-2)17(21)14(3)20-12-8-16(9-13-20)15-6-10-18-11-7-15/h6-7,10-11,14,16H,4-5,8-9,12-13H2,1-3H3/t14-/m1/s1. The molecular weight excluding hydrogens is 262 g/mol. The van der Waals surface area contributed by atoms with E-state index in [4.69, 9.17) is 0 Å². The summed E-state index contributed by atoms with van der Waals surface area (Å²) in [4.78, 5) is 20.8. The van der Waals surface area contributed by atoms with Gasteiger partial charge in [0, 0.05) is 25.5 Å². The van der Waals surface area contributed by atoms with Crippen molar-refractivity contribution in [2.24, 2.45) is 0 Å². The summed E-state index contributed by atoms with van der Waals surface area (Å²) in [6.45, 7) is 9.74. The van der Waals surface area contributed by atoms with Gasteiger partial charge in [-0.3, -0.25) is 14.7 Å². The second kappa shape index (κ2) is 7.55.